The Bertz CT molecular complexity index is 449. The SMILES string of the molecule is CCN(CC(C)CN)C(=O)c1ccc(OC)c(OC)c1. The Kier molecular flexibility index (Phi) is 6.31. The van der Waals surface area contributed by atoms with E-state index >= 15 is 0 Å². The molecular formula is C15H24N2O3. The van der Waals surface area contributed by atoms with Crippen LogP contribution in [-0.4, -0.2) is 44.7 Å². The average molecular weight is 280 g/mol. The minimum atomic E-state index is -0.0197. The number of hydrogen-bond acceptors (Lipinski definition) is 4. The second kappa shape index (κ2) is 7.75. The van der Waals surface area contributed by atoms with Crippen LogP contribution in [0, 0.1) is 5.92 Å². The summed E-state index contributed by atoms with van der Waals surface area (Å²) >= 11 is 0. The highest BCUT2D eigenvalue weighted by molar-refractivity contribution is 5.95. The highest BCUT2D eigenvalue weighted by Gasteiger charge is 2.18. The number of nitrogens with zero attached hydrogens (tertiary/aromatic N) is 1. The number of carbonyl (C=O) groups is 1. The smallest absolute Gasteiger partial charge is 0.253 e. The largest absolute Gasteiger partial charge is 0.493 e. The first-order valence-corrected chi connectivity index (χ1v) is 6.78. The predicted octanol–water partition coefficient (Wildman–Crippen LogP) is 1.76. The van der Waals surface area contributed by atoms with Crippen molar-refractivity contribution in [2.75, 3.05) is 33.9 Å². The average Bonchev–Trinajstić information content (AvgIpc) is 2.50. The molecule has 112 valence electrons. The van der Waals surface area contributed by atoms with Crippen LogP contribution in [0.3, 0.4) is 0 Å². The molecule has 0 heterocycles. The molecule has 5 heteroatoms. The molecule has 2 N–H and O–H groups in total. The normalized spacial score (nSPS) is 11.8. The summed E-state index contributed by atoms with van der Waals surface area (Å²) in [4.78, 5) is 14.3. The van der Waals surface area contributed by atoms with E-state index in [1.165, 1.54) is 0 Å². The maximum atomic E-state index is 12.5. The van der Waals surface area contributed by atoms with Crippen LogP contribution in [0.1, 0.15) is 24.2 Å². The summed E-state index contributed by atoms with van der Waals surface area (Å²) in [6.45, 7) is 5.86. The van der Waals surface area contributed by atoms with Gasteiger partial charge in [0, 0.05) is 18.7 Å². The van der Waals surface area contributed by atoms with Crippen molar-refractivity contribution >= 4 is 5.91 Å². The second-order valence-electron chi connectivity index (χ2n) is 4.75. The van der Waals surface area contributed by atoms with Gasteiger partial charge in [0.2, 0.25) is 0 Å². The van der Waals surface area contributed by atoms with Crippen molar-refractivity contribution in [1.29, 1.82) is 0 Å². The van der Waals surface area contributed by atoms with Crippen molar-refractivity contribution in [2.24, 2.45) is 11.7 Å². The Morgan fingerprint density at radius 3 is 2.45 bits per heavy atom. The highest BCUT2D eigenvalue weighted by atomic mass is 16.5. The van der Waals surface area contributed by atoms with E-state index in [1.807, 2.05) is 13.8 Å². The quantitative estimate of drug-likeness (QED) is 0.826. The van der Waals surface area contributed by atoms with E-state index in [-0.39, 0.29) is 11.8 Å². The number of hydrogen-bond donors (Lipinski definition) is 1. The zero-order valence-electron chi connectivity index (χ0n) is 12.7. The summed E-state index contributed by atoms with van der Waals surface area (Å²) in [6.07, 6.45) is 0. The fraction of sp³-hybridized carbons (Fsp3) is 0.533. The third kappa shape index (κ3) is 3.87. The summed E-state index contributed by atoms with van der Waals surface area (Å²) in [5, 5.41) is 0. The van der Waals surface area contributed by atoms with Gasteiger partial charge in [-0.3, -0.25) is 4.79 Å². The molecule has 1 unspecified atom stereocenters. The van der Waals surface area contributed by atoms with Gasteiger partial charge in [0.1, 0.15) is 0 Å². The van der Waals surface area contributed by atoms with Crippen molar-refractivity contribution in [2.45, 2.75) is 13.8 Å². The number of methoxy groups -OCH3 is 2. The van der Waals surface area contributed by atoms with Gasteiger partial charge >= 0.3 is 0 Å². The molecule has 0 saturated heterocycles. The lowest BCUT2D eigenvalue weighted by molar-refractivity contribution is 0.0743. The second-order valence-corrected chi connectivity index (χ2v) is 4.75. The Morgan fingerprint density at radius 1 is 1.30 bits per heavy atom. The molecule has 1 aromatic carbocycles. The van der Waals surface area contributed by atoms with Crippen molar-refractivity contribution in [3.05, 3.63) is 23.8 Å². The zero-order chi connectivity index (χ0) is 15.1. The van der Waals surface area contributed by atoms with E-state index in [9.17, 15) is 4.79 Å². The molecule has 0 radical (unpaired) electrons. The molecule has 0 aromatic heterocycles. The summed E-state index contributed by atoms with van der Waals surface area (Å²) in [6, 6.07) is 5.20. The molecule has 1 amide bonds. The Hall–Kier alpha value is -1.75. The van der Waals surface area contributed by atoms with Gasteiger partial charge in [-0.05, 0) is 37.6 Å². The summed E-state index contributed by atoms with van der Waals surface area (Å²) in [5.74, 6) is 1.43. The van der Waals surface area contributed by atoms with Crippen LogP contribution in [0.2, 0.25) is 0 Å². The Labute approximate surface area is 120 Å². The topological polar surface area (TPSA) is 64.8 Å². The van der Waals surface area contributed by atoms with Gasteiger partial charge in [0.15, 0.2) is 11.5 Å². The van der Waals surface area contributed by atoms with Crippen LogP contribution in [0.4, 0.5) is 0 Å². The number of benzene rings is 1. The molecule has 0 aliphatic carbocycles. The molecule has 0 saturated carbocycles. The number of carbonyl (C=O) groups excluding carboxylic acids is 1. The maximum absolute atomic E-state index is 12.5. The van der Waals surface area contributed by atoms with Crippen molar-refractivity contribution in [1.82, 2.24) is 4.90 Å². The van der Waals surface area contributed by atoms with E-state index in [2.05, 4.69) is 0 Å². The lowest BCUT2D eigenvalue weighted by atomic mass is 10.1. The fourth-order valence-electron chi connectivity index (χ4n) is 1.96. The Morgan fingerprint density at radius 2 is 1.95 bits per heavy atom. The van der Waals surface area contributed by atoms with Crippen LogP contribution in [0.15, 0.2) is 18.2 Å². The minimum Gasteiger partial charge on any atom is -0.493 e. The van der Waals surface area contributed by atoms with Crippen molar-refractivity contribution in [3.8, 4) is 11.5 Å². The summed E-state index contributed by atoms with van der Waals surface area (Å²) in [7, 11) is 3.13. The number of rotatable bonds is 7. The van der Waals surface area contributed by atoms with Gasteiger partial charge in [-0.15, -0.1) is 0 Å². The van der Waals surface area contributed by atoms with Gasteiger partial charge < -0.3 is 20.1 Å². The minimum absolute atomic E-state index is 0.0197. The molecule has 1 atom stereocenters. The van der Waals surface area contributed by atoms with Gasteiger partial charge in [-0.2, -0.15) is 0 Å². The molecular weight excluding hydrogens is 256 g/mol. The molecule has 20 heavy (non-hydrogen) atoms. The molecule has 0 fully saturated rings. The zero-order valence-corrected chi connectivity index (χ0v) is 12.7. The van der Waals surface area contributed by atoms with Crippen LogP contribution in [-0.2, 0) is 0 Å². The van der Waals surface area contributed by atoms with Crippen LogP contribution >= 0.6 is 0 Å². The van der Waals surface area contributed by atoms with Crippen LogP contribution in [0.5, 0.6) is 11.5 Å². The first-order valence-electron chi connectivity index (χ1n) is 6.78. The molecule has 5 nitrogen and oxygen atoms in total. The highest BCUT2D eigenvalue weighted by Crippen LogP contribution is 2.28. The van der Waals surface area contributed by atoms with E-state index < -0.39 is 0 Å². The molecule has 0 aliphatic heterocycles. The molecule has 1 aromatic rings. The number of nitrogens with two attached hydrogens (primary N) is 1. The summed E-state index contributed by atoms with van der Waals surface area (Å²) in [5.41, 5.74) is 6.21. The van der Waals surface area contributed by atoms with Crippen molar-refractivity contribution < 1.29 is 14.3 Å². The van der Waals surface area contributed by atoms with Gasteiger partial charge in [0.25, 0.3) is 5.91 Å². The molecule has 0 aliphatic rings. The lowest BCUT2D eigenvalue weighted by Crippen LogP contribution is -2.36. The van der Waals surface area contributed by atoms with E-state index in [4.69, 9.17) is 15.2 Å². The van der Waals surface area contributed by atoms with Gasteiger partial charge in [-0.1, -0.05) is 6.92 Å². The van der Waals surface area contributed by atoms with E-state index in [0.717, 1.165) is 0 Å². The van der Waals surface area contributed by atoms with Gasteiger partial charge in [-0.25, -0.2) is 0 Å². The molecule has 0 spiro atoms. The lowest BCUT2D eigenvalue weighted by Gasteiger charge is -2.24. The first-order chi connectivity index (χ1) is 9.57. The standard InChI is InChI=1S/C15H24N2O3/c1-5-17(10-11(2)9-16)15(18)12-6-7-13(19-3)14(8-12)20-4/h6-8,11H,5,9-10,16H2,1-4H3. The molecule has 1 rings (SSSR count). The predicted molar refractivity (Wildman–Crippen MR) is 79.3 cm³/mol. The molecule has 0 bridgehead atoms. The monoisotopic (exact) mass is 280 g/mol. The number of amides is 1. The number of ether oxygens (including phenoxy) is 2. The van der Waals surface area contributed by atoms with E-state index in [1.54, 1.807) is 37.3 Å². The summed E-state index contributed by atoms with van der Waals surface area (Å²) < 4.78 is 10.4. The van der Waals surface area contributed by atoms with Crippen LogP contribution in [0.25, 0.3) is 0 Å². The first kappa shape index (κ1) is 16.3. The third-order valence-electron chi connectivity index (χ3n) is 3.23. The maximum Gasteiger partial charge on any atom is 0.253 e. The van der Waals surface area contributed by atoms with Crippen molar-refractivity contribution in [3.63, 3.8) is 0 Å². The third-order valence-corrected chi connectivity index (χ3v) is 3.23. The van der Waals surface area contributed by atoms with E-state index in [0.29, 0.717) is 36.7 Å². The van der Waals surface area contributed by atoms with Gasteiger partial charge in [0.05, 0.1) is 14.2 Å². The fourth-order valence-corrected chi connectivity index (χ4v) is 1.96. The Balaban J connectivity index is 2.94. The van der Waals surface area contributed by atoms with Crippen LogP contribution < -0.4 is 15.2 Å².